The average molecular weight is 177 g/mol. The van der Waals surface area contributed by atoms with Crippen molar-refractivity contribution in [3.05, 3.63) is 29.8 Å². The van der Waals surface area contributed by atoms with Crippen LogP contribution in [0.25, 0.3) is 0 Å². The van der Waals surface area contributed by atoms with Gasteiger partial charge < -0.3 is 10.0 Å². The van der Waals surface area contributed by atoms with E-state index >= 15 is 0 Å². The molecule has 0 aliphatic heterocycles. The Kier molecular flexibility index (Phi) is 2.23. The Labute approximate surface area is 78.8 Å². The summed E-state index contributed by atoms with van der Waals surface area (Å²) < 4.78 is 0. The zero-order valence-corrected chi connectivity index (χ0v) is 7.90. The standard InChI is InChI=1S/C11H15NO/c1-12(11-6-7-11)10-4-2-9(8-13)3-5-10/h2-5,11,13H,6-8H2,1H3. The topological polar surface area (TPSA) is 23.5 Å². The molecule has 1 aromatic carbocycles. The van der Waals surface area contributed by atoms with Crippen molar-refractivity contribution in [2.75, 3.05) is 11.9 Å². The van der Waals surface area contributed by atoms with Gasteiger partial charge in [0.25, 0.3) is 0 Å². The summed E-state index contributed by atoms with van der Waals surface area (Å²) in [5, 5.41) is 8.88. The van der Waals surface area contributed by atoms with E-state index < -0.39 is 0 Å². The summed E-state index contributed by atoms with van der Waals surface area (Å²) in [6, 6.07) is 8.86. The first kappa shape index (κ1) is 8.57. The number of rotatable bonds is 3. The molecule has 0 spiro atoms. The Morgan fingerprint density at radius 1 is 1.31 bits per heavy atom. The third-order valence-electron chi connectivity index (χ3n) is 2.62. The highest BCUT2D eigenvalue weighted by molar-refractivity contribution is 5.48. The zero-order chi connectivity index (χ0) is 9.26. The Bertz CT molecular complexity index is 277. The van der Waals surface area contributed by atoms with Crippen LogP contribution in [0.4, 0.5) is 5.69 Å². The first-order valence-corrected chi connectivity index (χ1v) is 4.74. The lowest BCUT2D eigenvalue weighted by Crippen LogP contribution is -2.19. The van der Waals surface area contributed by atoms with Crippen molar-refractivity contribution in [3.63, 3.8) is 0 Å². The van der Waals surface area contributed by atoms with Gasteiger partial charge in [-0.05, 0) is 30.5 Å². The number of hydrogen-bond acceptors (Lipinski definition) is 2. The third kappa shape index (κ3) is 1.83. The molecule has 1 aliphatic rings. The van der Waals surface area contributed by atoms with Crippen LogP contribution in [0.3, 0.4) is 0 Å². The van der Waals surface area contributed by atoms with E-state index in [1.54, 1.807) is 0 Å². The molecule has 2 rings (SSSR count). The molecule has 1 N–H and O–H groups in total. The summed E-state index contributed by atoms with van der Waals surface area (Å²) in [5.74, 6) is 0. The van der Waals surface area contributed by atoms with E-state index in [0.717, 1.165) is 11.6 Å². The second kappa shape index (κ2) is 3.38. The van der Waals surface area contributed by atoms with Gasteiger partial charge in [-0.25, -0.2) is 0 Å². The molecule has 1 fully saturated rings. The average Bonchev–Trinajstić information content (AvgIpc) is 3.00. The van der Waals surface area contributed by atoms with Crippen molar-refractivity contribution in [2.24, 2.45) is 0 Å². The minimum atomic E-state index is 0.132. The van der Waals surface area contributed by atoms with Gasteiger partial charge in [0, 0.05) is 18.8 Å². The number of aliphatic hydroxyl groups excluding tert-OH is 1. The second-order valence-electron chi connectivity index (χ2n) is 3.67. The maximum atomic E-state index is 8.88. The number of aliphatic hydroxyl groups is 1. The molecule has 0 radical (unpaired) electrons. The predicted molar refractivity (Wildman–Crippen MR) is 53.8 cm³/mol. The molecular weight excluding hydrogens is 162 g/mol. The highest BCUT2D eigenvalue weighted by atomic mass is 16.3. The van der Waals surface area contributed by atoms with E-state index in [0.29, 0.717) is 0 Å². The molecule has 2 heteroatoms. The Morgan fingerprint density at radius 2 is 1.92 bits per heavy atom. The Balaban J connectivity index is 2.11. The fourth-order valence-electron chi connectivity index (χ4n) is 1.51. The SMILES string of the molecule is CN(c1ccc(CO)cc1)C1CC1. The molecule has 0 unspecified atom stereocenters. The van der Waals surface area contributed by atoms with Crippen molar-refractivity contribution < 1.29 is 5.11 Å². The molecule has 0 heterocycles. The van der Waals surface area contributed by atoms with Crippen LogP contribution in [0, 0.1) is 0 Å². The minimum absolute atomic E-state index is 0.132. The molecule has 1 aliphatic carbocycles. The summed E-state index contributed by atoms with van der Waals surface area (Å²) in [6.07, 6.45) is 2.64. The highest BCUT2D eigenvalue weighted by Crippen LogP contribution is 2.29. The number of anilines is 1. The van der Waals surface area contributed by atoms with E-state index in [9.17, 15) is 0 Å². The number of nitrogens with zero attached hydrogens (tertiary/aromatic N) is 1. The monoisotopic (exact) mass is 177 g/mol. The van der Waals surface area contributed by atoms with Gasteiger partial charge in [0.05, 0.1) is 6.61 Å². The van der Waals surface area contributed by atoms with Crippen molar-refractivity contribution in [3.8, 4) is 0 Å². The zero-order valence-electron chi connectivity index (χ0n) is 7.90. The van der Waals surface area contributed by atoms with Crippen molar-refractivity contribution in [1.82, 2.24) is 0 Å². The lowest BCUT2D eigenvalue weighted by Gasteiger charge is -2.18. The maximum Gasteiger partial charge on any atom is 0.0681 e. The molecule has 0 amide bonds. The smallest absolute Gasteiger partial charge is 0.0681 e. The normalized spacial score (nSPS) is 15.8. The van der Waals surface area contributed by atoms with Crippen LogP contribution in [-0.4, -0.2) is 18.2 Å². The molecule has 0 atom stereocenters. The summed E-state index contributed by atoms with van der Waals surface area (Å²) in [6.45, 7) is 0.132. The molecule has 1 saturated carbocycles. The fraction of sp³-hybridized carbons (Fsp3) is 0.455. The molecule has 0 saturated heterocycles. The van der Waals surface area contributed by atoms with Gasteiger partial charge in [-0.15, -0.1) is 0 Å². The summed E-state index contributed by atoms with van der Waals surface area (Å²) in [4.78, 5) is 2.31. The van der Waals surface area contributed by atoms with Gasteiger partial charge in [-0.3, -0.25) is 0 Å². The Hall–Kier alpha value is -1.02. The maximum absolute atomic E-state index is 8.88. The van der Waals surface area contributed by atoms with Crippen LogP contribution in [-0.2, 0) is 6.61 Å². The largest absolute Gasteiger partial charge is 0.392 e. The second-order valence-corrected chi connectivity index (χ2v) is 3.67. The van der Waals surface area contributed by atoms with Gasteiger partial charge >= 0.3 is 0 Å². The third-order valence-corrected chi connectivity index (χ3v) is 2.62. The predicted octanol–water partition coefficient (Wildman–Crippen LogP) is 1.78. The highest BCUT2D eigenvalue weighted by Gasteiger charge is 2.26. The van der Waals surface area contributed by atoms with E-state index in [-0.39, 0.29) is 6.61 Å². The summed E-state index contributed by atoms with van der Waals surface area (Å²) >= 11 is 0. The van der Waals surface area contributed by atoms with Crippen LogP contribution >= 0.6 is 0 Å². The lowest BCUT2D eigenvalue weighted by molar-refractivity contribution is 0.282. The van der Waals surface area contributed by atoms with E-state index in [1.165, 1.54) is 18.5 Å². The van der Waals surface area contributed by atoms with Crippen molar-refractivity contribution in [1.29, 1.82) is 0 Å². The van der Waals surface area contributed by atoms with E-state index in [2.05, 4.69) is 24.1 Å². The lowest BCUT2D eigenvalue weighted by atomic mass is 10.2. The molecule has 2 nitrogen and oxygen atoms in total. The van der Waals surface area contributed by atoms with Gasteiger partial charge in [-0.2, -0.15) is 0 Å². The summed E-state index contributed by atoms with van der Waals surface area (Å²) in [7, 11) is 2.13. The molecule has 0 bridgehead atoms. The van der Waals surface area contributed by atoms with Gasteiger partial charge in [0.1, 0.15) is 0 Å². The molecule has 0 aromatic heterocycles. The van der Waals surface area contributed by atoms with Crippen molar-refractivity contribution >= 4 is 5.69 Å². The van der Waals surface area contributed by atoms with E-state index in [1.807, 2.05) is 12.1 Å². The van der Waals surface area contributed by atoms with E-state index in [4.69, 9.17) is 5.11 Å². The molecular formula is C11H15NO. The fourth-order valence-corrected chi connectivity index (χ4v) is 1.51. The Morgan fingerprint density at radius 3 is 2.38 bits per heavy atom. The molecule has 13 heavy (non-hydrogen) atoms. The van der Waals surface area contributed by atoms with Crippen LogP contribution in [0.1, 0.15) is 18.4 Å². The molecule has 1 aromatic rings. The van der Waals surface area contributed by atoms with Crippen LogP contribution in [0.2, 0.25) is 0 Å². The van der Waals surface area contributed by atoms with Gasteiger partial charge in [-0.1, -0.05) is 12.1 Å². The number of benzene rings is 1. The van der Waals surface area contributed by atoms with Gasteiger partial charge in [0.15, 0.2) is 0 Å². The number of hydrogen-bond donors (Lipinski definition) is 1. The van der Waals surface area contributed by atoms with Crippen LogP contribution in [0.15, 0.2) is 24.3 Å². The molecule has 70 valence electrons. The van der Waals surface area contributed by atoms with Crippen LogP contribution in [0.5, 0.6) is 0 Å². The van der Waals surface area contributed by atoms with Gasteiger partial charge in [0.2, 0.25) is 0 Å². The first-order chi connectivity index (χ1) is 6.31. The summed E-state index contributed by atoms with van der Waals surface area (Å²) in [5.41, 5.74) is 2.23. The minimum Gasteiger partial charge on any atom is -0.392 e. The quantitative estimate of drug-likeness (QED) is 0.760. The first-order valence-electron chi connectivity index (χ1n) is 4.74. The van der Waals surface area contributed by atoms with Crippen molar-refractivity contribution in [2.45, 2.75) is 25.5 Å². The van der Waals surface area contributed by atoms with Crippen LogP contribution < -0.4 is 4.90 Å².